The minimum Gasteiger partial charge on any atom is -0.394 e. The molecular weight excluding hydrogens is 157 g/mol. The van der Waals surface area contributed by atoms with Crippen LogP contribution in [0.15, 0.2) is 0 Å². The van der Waals surface area contributed by atoms with Crippen LogP contribution < -0.4 is 0 Å². The Bertz CT molecular complexity index is 169. The summed E-state index contributed by atoms with van der Waals surface area (Å²) in [6, 6.07) is 0. The molecule has 5 nitrogen and oxygen atoms in total. The molecule has 0 fully saturated rings. The van der Waals surface area contributed by atoms with Crippen molar-refractivity contribution in [3.8, 4) is 0 Å². The van der Waals surface area contributed by atoms with Crippen LogP contribution in [-0.4, -0.2) is 28.7 Å². The van der Waals surface area contributed by atoms with Gasteiger partial charge in [-0.1, -0.05) is 0 Å². The first-order chi connectivity index (χ1) is 4.50. The van der Waals surface area contributed by atoms with E-state index in [4.69, 9.17) is 15.4 Å². The largest absolute Gasteiger partial charge is 0.394 e. The molecule has 60 valence electrons. The third kappa shape index (κ3) is 3.08. The van der Waals surface area contributed by atoms with Crippen LogP contribution in [0.3, 0.4) is 0 Å². The van der Waals surface area contributed by atoms with E-state index in [0.717, 1.165) is 0 Å². The van der Waals surface area contributed by atoms with Gasteiger partial charge in [-0.15, -0.1) is 0 Å². The van der Waals surface area contributed by atoms with E-state index in [0.29, 0.717) is 0 Å². The van der Waals surface area contributed by atoms with Crippen LogP contribution in [0.1, 0.15) is 6.92 Å². The fourth-order valence-corrected chi connectivity index (χ4v) is 0.784. The molecule has 0 rings (SSSR count). The summed E-state index contributed by atoms with van der Waals surface area (Å²) in [7, 11) is -3.86. The van der Waals surface area contributed by atoms with Gasteiger partial charge in [0, 0.05) is 0 Å². The molecule has 0 radical (unpaired) electrons. The summed E-state index contributed by atoms with van der Waals surface area (Å²) < 4.78 is 14.9. The van der Waals surface area contributed by atoms with Gasteiger partial charge in [-0.3, -0.25) is 9.97 Å². The summed E-state index contributed by atoms with van der Waals surface area (Å²) in [5.74, 6) is 0. The highest BCUT2D eigenvalue weighted by molar-refractivity contribution is 7.71. The average molecular weight is 167 g/mol. The fourth-order valence-electron chi connectivity index (χ4n) is 0.261. The van der Waals surface area contributed by atoms with Gasteiger partial charge in [0.15, 0.2) is 0 Å². The Morgan fingerprint density at radius 3 is 2.60 bits per heavy atom. The van der Waals surface area contributed by atoms with Gasteiger partial charge in [-0.2, -0.15) is 0 Å². The molecule has 0 saturated heterocycles. The number of rotatable bonds is 4. The highest BCUT2D eigenvalue weighted by atomic mass is 31.2. The average Bonchev–Trinajstić information content (AvgIpc) is 1.84. The molecule has 0 aliphatic rings. The van der Waals surface area contributed by atoms with Gasteiger partial charge in [0.2, 0.25) is 0 Å². The van der Waals surface area contributed by atoms with Gasteiger partial charge >= 0.3 is 7.60 Å². The second-order valence-corrected chi connectivity index (χ2v) is 3.63. The first kappa shape index (κ1) is 9.78. The normalized spacial score (nSPS) is 16.3. The lowest BCUT2D eigenvalue weighted by molar-refractivity contribution is 0.188. The van der Waals surface area contributed by atoms with Crippen LogP contribution >= 0.6 is 7.60 Å². The Hall–Kier alpha value is -0.220. The second-order valence-electron chi connectivity index (χ2n) is 1.66. The number of aliphatic hydroxyl groups is 1. The van der Waals surface area contributed by atoms with E-state index >= 15 is 0 Å². The number of aliphatic hydroxyl groups excluding tert-OH is 1. The zero-order chi connectivity index (χ0) is 8.20. The lowest BCUT2D eigenvalue weighted by atomic mass is 10.8. The molecule has 10 heavy (non-hydrogen) atoms. The number of hydrogen-bond donors (Lipinski definition) is 3. The number of hydrogen-bond acceptors (Lipinski definition) is 4. The van der Waals surface area contributed by atoms with E-state index in [1.165, 1.54) is 6.92 Å². The van der Waals surface area contributed by atoms with Gasteiger partial charge in [0.1, 0.15) is 5.45 Å². The topological polar surface area (TPSA) is 90.6 Å². The van der Waals surface area contributed by atoms with E-state index < -0.39 is 13.0 Å². The second kappa shape index (κ2) is 3.83. The Balaban J connectivity index is 3.89. The molecule has 0 saturated carbocycles. The fraction of sp³-hybridized carbons (Fsp3) is 0.750. The number of nitrogens with one attached hydrogen (secondary N) is 1. The molecule has 3 N–H and O–H groups in total. The van der Waals surface area contributed by atoms with E-state index in [2.05, 4.69) is 4.52 Å². The molecule has 6 heteroatoms. The maximum atomic E-state index is 10.7. The third-order valence-corrected chi connectivity index (χ3v) is 2.16. The van der Waals surface area contributed by atoms with Gasteiger partial charge in [-0.05, 0) is 6.92 Å². The van der Waals surface area contributed by atoms with E-state index in [1.54, 1.807) is 0 Å². The van der Waals surface area contributed by atoms with Crippen LogP contribution in [0.25, 0.3) is 0 Å². The summed E-state index contributed by atoms with van der Waals surface area (Å²) in [6.07, 6.45) is 0. The molecule has 0 aromatic carbocycles. The maximum absolute atomic E-state index is 10.7. The van der Waals surface area contributed by atoms with Crippen molar-refractivity contribution >= 4 is 13.0 Å². The van der Waals surface area contributed by atoms with Crippen molar-refractivity contribution in [3.05, 3.63) is 0 Å². The van der Waals surface area contributed by atoms with Gasteiger partial charge in [-0.25, -0.2) is 0 Å². The summed E-state index contributed by atoms with van der Waals surface area (Å²) >= 11 is 0. The van der Waals surface area contributed by atoms with Crippen LogP contribution in [-0.2, 0) is 9.09 Å². The zero-order valence-corrected chi connectivity index (χ0v) is 6.47. The Morgan fingerprint density at radius 2 is 2.30 bits per heavy atom. The zero-order valence-electron chi connectivity index (χ0n) is 5.57. The summed E-state index contributed by atoms with van der Waals surface area (Å²) in [6.45, 7) is 0.639. The third-order valence-electron chi connectivity index (χ3n) is 0.781. The summed E-state index contributed by atoms with van der Waals surface area (Å²) in [4.78, 5) is 8.72. The molecule has 0 aromatic heterocycles. The molecular formula is C4H10NO4P. The minimum atomic E-state index is -3.86. The van der Waals surface area contributed by atoms with E-state index in [1.807, 2.05) is 0 Å². The minimum absolute atomic E-state index is 0.218. The smallest absolute Gasteiger partial charge is 0.371 e. The van der Waals surface area contributed by atoms with Crippen molar-refractivity contribution in [2.45, 2.75) is 6.92 Å². The standard InChI is InChI=1S/C4H10NO4P/c1-4(5)10(7,8)9-3-2-6/h5-6H,2-3H2,1H3,(H,7,8). The summed E-state index contributed by atoms with van der Waals surface area (Å²) in [5, 5.41) is 14.9. The molecule has 0 amide bonds. The maximum Gasteiger partial charge on any atom is 0.371 e. The van der Waals surface area contributed by atoms with Crippen molar-refractivity contribution < 1.29 is 19.1 Å². The molecule has 0 heterocycles. The molecule has 0 spiro atoms. The van der Waals surface area contributed by atoms with Gasteiger partial charge in [0.25, 0.3) is 0 Å². The predicted molar refractivity (Wildman–Crippen MR) is 36.3 cm³/mol. The van der Waals surface area contributed by atoms with Crippen molar-refractivity contribution in [3.63, 3.8) is 0 Å². The molecule has 0 aromatic rings. The Kier molecular flexibility index (Phi) is 3.75. The quantitative estimate of drug-likeness (QED) is 0.411. The molecule has 1 unspecified atom stereocenters. The molecule has 0 aliphatic carbocycles. The van der Waals surface area contributed by atoms with E-state index in [-0.39, 0.29) is 13.2 Å². The van der Waals surface area contributed by atoms with Gasteiger partial charge in [0.05, 0.1) is 13.2 Å². The predicted octanol–water partition coefficient (Wildman–Crippen LogP) is 0.178. The first-order valence-electron chi connectivity index (χ1n) is 2.64. The van der Waals surface area contributed by atoms with E-state index in [9.17, 15) is 4.57 Å². The molecule has 0 aliphatic heterocycles. The van der Waals surface area contributed by atoms with Crippen LogP contribution in [0.2, 0.25) is 0 Å². The van der Waals surface area contributed by atoms with Crippen molar-refractivity contribution in [2.75, 3.05) is 13.2 Å². The SMILES string of the molecule is CC(=N)P(=O)(O)OCCO. The monoisotopic (exact) mass is 167 g/mol. The van der Waals surface area contributed by atoms with Crippen molar-refractivity contribution in [1.29, 1.82) is 5.41 Å². The van der Waals surface area contributed by atoms with Crippen LogP contribution in [0.4, 0.5) is 0 Å². The van der Waals surface area contributed by atoms with Crippen LogP contribution in [0.5, 0.6) is 0 Å². The molecule has 1 atom stereocenters. The molecule has 0 bridgehead atoms. The lowest BCUT2D eigenvalue weighted by Gasteiger charge is -2.07. The van der Waals surface area contributed by atoms with Crippen molar-refractivity contribution in [2.24, 2.45) is 0 Å². The Labute approximate surface area is 58.7 Å². The highest BCUT2D eigenvalue weighted by Gasteiger charge is 2.21. The van der Waals surface area contributed by atoms with Crippen LogP contribution in [0, 0.1) is 5.41 Å². The Morgan fingerprint density at radius 1 is 1.80 bits per heavy atom. The summed E-state index contributed by atoms with van der Waals surface area (Å²) in [5.41, 5.74) is -0.416. The first-order valence-corrected chi connectivity index (χ1v) is 4.22. The van der Waals surface area contributed by atoms with Gasteiger partial charge < -0.3 is 14.5 Å². The lowest BCUT2D eigenvalue weighted by Crippen LogP contribution is -2.01. The highest BCUT2D eigenvalue weighted by Crippen LogP contribution is 2.42. The van der Waals surface area contributed by atoms with Crippen molar-refractivity contribution in [1.82, 2.24) is 0 Å².